The van der Waals surface area contributed by atoms with Crippen molar-refractivity contribution < 1.29 is 19.2 Å². The van der Waals surface area contributed by atoms with Crippen molar-refractivity contribution in [1.29, 1.82) is 0 Å². The smallest absolute Gasteiger partial charge is 0.157 e. The molecular formula is C14H18NO3+. The van der Waals surface area contributed by atoms with Crippen LogP contribution in [0.2, 0.25) is 0 Å². The molecule has 0 aliphatic rings. The summed E-state index contributed by atoms with van der Waals surface area (Å²) in [6.07, 6.45) is 1.69. The zero-order chi connectivity index (χ0) is 12.6. The monoisotopic (exact) mass is 248 g/mol. The first-order valence-corrected chi connectivity index (χ1v) is 5.99. The van der Waals surface area contributed by atoms with Crippen molar-refractivity contribution in [3.05, 3.63) is 48.4 Å². The predicted molar refractivity (Wildman–Crippen MR) is 67.7 cm³/mol. The normalized spacial score (nSPS) is 10.3. The van der Waals surface area contributed by atoms with Gasteiger partial charge < -0.3 is 19.2 Å². The molecule has 2 rings (SSSR count). The zero-order valence-electron chi connectivity index (χ0n) is 10.5. The summed E-state index contributed by atoms with van der Waals surface area (Å²) in [5, 5.41) is 2.16. The van der Waals surface area contributed by atoms with E-state index in [0.717, 1.165) is 30.3 Å². The molecule has 0 saturated heterocycles. The minimum absolute atomic E-state index is 0.674. The van der Waals surface area contributed by atoms with Gasteiger partial charge in [0.25, 0.3) is 0 Å². The lowest BCUT2D eigenvalue weighted by molar-refractivity contribution is -0.672. The number of ether oxygens (including phenoxy) is 2. The molecule has 1 aromatic heterocycles. The summed E-state index contributed by atoms with van der Waals surface area (Å²) in [6.45, 7) is 2.42. The van der Waals surface area contributed by atoms with Crippen LogP contribution in [0, 0.1) is 0 Å². The number of hydrogen-bond acceptors (Lipinski definition) is 3. The third kappa shape index (κ3) is 3.82. The van der Waals surface area contributed by atoms with E-state index in [1.165, 1.54) is 0 Å². The molecular weight excluding hydrogens is 230 g/mol. The molecule has 0 radical (unpaired) electrons. The van der Waals surface area contributed by atoms with Gasteiger partial charge in [-0.25, -0.2) is 0 Å². The third-order valence-corrected chi connectivity index (χ3v) is 2.58. The first kappa shape index (κ1) is 12.5. The molecule has 96 valence electrons. The van der Waals surface area contributed by atoms with Gasteiger partial charge in [-0.05, 0) is 36.4 Å². The molecule has 2 N–H and O–H groups in total. The van der Waals surface area contributed by atoms with Crippen LogP contribution in [0.3, 0.4) is 0 Å². The number of benzene rings is 1. The number of furan rings is 1. The van der Waals surface area contributed by atoms with Crippen molar-refractivity contribution in [3.63, 3.8) is 0 Å². The van der Waals surface area contributed by atoms with Crippen molar-refractivity contribution in [1.82, 2.24) is 0 Å². The van der Waals surface area contributed by atoms with E-state index in [4.69, 9.17) is 13.9 Å². The Bertz CT molecular complexity index is 437. The molecule has 0 bridgehead atoms. The average molecular weight is 248 g/mol. The molecule has 4 heteroatoms. The predicted octanol–water partition coefficient (Wildman–Crippen LogP) is 1.43. The van der Waals surface area contributed by atoms with E-state index in [1.807, 2.05) is 36.4 Å². The van der Waals surface area contributed by atoms with Crippen LogP contribution in [-0.2, 0) is 6.54 Å². The second-order valence-electron chi connectivity index (χ2n) is 3.88. The highest BCUT2D eigenvalue weighted by Gasteiger charge is 1.99. The third-order valence-electron chi connectivity index (χ3n) is 2.58. The Morgan fingerprint density at radius 1 is 1.11 bits per heavy atom. The Morgan fingerprint density at radius 2 is 1.89 bits per heavy atom. The summed E-state index contributed by atoms with van der Waals surface area (Å²) >= 11 is 0. The second kappa shape index (κ2) is 6.71. The zero-order valence-corrected chi connectivity index (χ0v) is 10.5. The average Bonchev–Trinajstić information content (AvgIpc) is 2.92. The van der Waals surface area contributed by atoms with E-state index >= 15 is 0 Å². The largest absolute Gasteiger partial charge is 0.497 e. The van der Waals surface area contributed by atoms with Crippen LogP contribution in [-0.4, -0.2) is 20.3 Å². The van der Waals surface area contributed by atoms with Gasteiger partial charge in [-0.1, -0.05) is 0 Å². The lowest BCUT2D eigenvalue weighted by Crippen LogP contribution is -2.83. The fourth-order valence-corrected chi connectivity index (χ4v) is 1.61. The summed E-state index contributed by atoms with van der Waals surface area (Å²) in [5.41, 5.74) is 0. The van der Waals surface area contributed by atoms with E-state index < -0.39 is 0 Å². The van der Waals surface area contributed by atoms with Crippen molar-refractivity contribution in [3.8, 4) is 11.5 Å². The van der Waals surface area contributed by atoms with Crippen LogP contribution in [0.4, 0.5) is 0 Å². The van der Waals surface area contributed by atoms with Crippen LogP contribution in [0.25, 0.3) is 0 Å². The maximum Gasteiger partial charge on any atom is 0.157 e. The number of methoxy groups -OCH3 is 1. The SMILES string of the molecule is COc1ccc(OCC[NH2+]Cc2ccco2)cc1. The van der Waals surface area contributed by atoms with E-state index in [1.54, 1.807) is 13.4 Å². The molecule has 0 saturated carbocycles. The standard InChI is InChI=1S/C14H17NO3/c1-16-12-4-6-13(7-5-12)18-10-8-15-11-14-3-2-9-17-14/h2-7,9,15H,8,10-11H2,1H3/p+1. The molecule has 0 aliphatic heterocycles. The van der Waals surface area contributed by atoms with Gasteiger partial charge in [-0.15, -0.1) is 0 Å². The number of hydrogen-bond donors (Lipinski definition) is 1. The fourth-order valence-electron chi connectivity index (χ4n) is 1.61. The van der Waals surface area contributed by atoms with E-state index in [-0.39, 0.29) is 0 Å². The van der Waals surface area contributed by atoms with E-state index in [9.17, 15) is 0 Å². The van der Waals surface area contributed by atoms with E-state index in [0.29, 0.717) is 6.61 Å². The van der Waals surface area contributed by atoms with Gasteiger partial charge in [-0.2, -0.15) is 0 Å². The van der Waals surface area contributed by atoms with Gasteiger partial charge in [0.15, 0.2) is 5.76 Å². The minimum atomic E-state index is 0.674. The van der Waals surface area contributed by atoms with Crippen LogP contribution in [0.15, 0.2) is 47.1 Å². The van der Waals surface area contributed by atoms with Gasteiger partial charge in [0, 0.05) is 0 Å². The van der Waals surface area contributed by atoms with Gasteiger partial charge in [0.05, 0.1) is 13.4 Å². The van der Waals surface area contributed by atoms with Crippen LogP contribution in [0.1, 0.15) is 5.76 Å². The number of rotatable bonds is 7. The lowest BCUT2D eigenvalue weighted by atomic mass is 10.3. The minimum Gasteiger partial charge on any atom is -0.497 e. The Balaban J connectivity index is 1.62. The van der Waals surface area contributed by atoms with Gasteiger partial charge in [0.1, 0.15) is 31.2 Å². The second-order valence-corrected chi connectivity index (χ2v) is 3.88. The maximum atomic E-state index is 5.61. The van der Waals surface area contributed by atoms with Crippen molar-refractivity contribution in [2.24, 2.45) is 0 Å². The van der Waals surface area contributed by atoms with Crippen molar-refractivity contribution in [2.45, 2.75) is 6.54 Å². The molecule has 2 aromatic rings. The summed E-state index contributed by atoms with van der Waals surface area (Å²) in [7, 11) is 1.65. The summed E-state index contributed by atoms with van der Waals surface area (Å²) in [6, 6.07) is 11.5. The van der Waals surface area contributed by atoms with Gasteiger partial charge in [-0.3, -0.25) is 0 Å². The van der Waals surface area contributed by atoms with Gasteiger partial charge in [0.2, 0.25) is 0 Å². The maximum absolute atomic E-state index is 5.61. The lowest BCUT2D eigenvalue weighted by Gasteiger charge is -2.06. The first-order chi connectivity index (χ1) is 8.88. The Morgan fingerprint density at radius 3 is 2.56 bits per heavy atom. The molecule has 0 spiro atoms. The molecule has 0 aliphatic carbocycles. The molecule has 0 unspecified atom stereocenters. The molecule has 4 nitrogen and oxygen atoms in total. The highest BCUT2D eigenvalue weighted by Crippen LogP contribution is 2.16. The fraction of sp³-hybridized carbons (Fsp3) is 0.286. The molecule has 1 aromatic carbocycles. The molecule has 0 atom stereocenters. The summed E-state index contributed by atoms with van der Waals surface area (Å²) < 4.78 is 15.9. The van der Waals surface area contributed by atoms with Crippen LogP contribution < -0.4 is 14.8 Å². The molecule has 18 heavy (non-hydrogen) atoms. The number of nitrogens with two attached hydrogens (primary N) is 1. The Kier molecular flexibility index (Phi) is 4.67. The molecule has 1 heterocycles. The first-order valence-electron chi connectivity index (χ1n) is 5.99. The van der Waals surface area contributed by atoms with Crippen molar-refractivity contribution in [2.75, 3.05) is 20.3 Å². The van der Waals surface area contributed by atoms with Crippen LogP contribution in [0.5, 0.6) is 11.5 Å². The summed E-state index contributed by atoms with van der Waals surface area (Å²) in [5.74, 6) is 2.69. The highest BCUT2D eigenvalue weighted by molar-refractivity contribution is 5.31. The van der Waals surface area contributed by atoms with Crippen molar-refractivity contribution >= 4 is 0 Å². The topological polar surface area (TPSA) is 48.2 Å². The Labute approximate surface area is 107 Å². The highest BCUT2D eigenvalue weighted by atomic mass is 16.5. The molecule has 0 amide bonds. The number of quaternary nitrogens is 1. The quantitative estimate of drug-likeness (QED) is 0.754. The molecule has 0 fully saturated rings. The summed E-state index contributed by atoms with van der Waals surface area (Å²) in [4.78, 5) is 0. The van der Waals surface area contributed by atoms with Crippen LogP contribution >= 0.6 is 0 Å². The van der Waals surface area contributed by atoms with E-state index in [2.05, 4.69) is 5.32 Å². The van der Waals surface area contributed by atoms with Gasteiger partial charge >= 0.3 is 0 Å². The Hall–Kier alpha value is -1.94.